The number of thiophene rings is 1. The molecular formula is C15H21N3S2. The van der Waals surface area contributed by atoms with Crippen molar-refractivity contribution in [1.82, 2.24) is 9.97 Å². The van der Waals surface area contributed by atoms with E-state index in [2.05, 4.69) is 25.8 Å². The van der Waals surface area contributed by atoms with Gasteiger partial charge < -0.3 is 5.73 Å². The van der Waals surface area contributed by atoms with Gasteiger partial charge in [0.15, 0.2) is 5.16 Å². The summed E-state index contributed by atoms with van der Waals surface area (Å²) >= 11 is 3.53. The number of nitrogens with two attached hydrogens (primary N) is 1. The Morgan fingerprint density at radius 3 is 2.95 bits per heavy atom. The quantitative estimate of drug-likeness (QED) is 0.684. The minimum Gasteiger partial charge on any atom is -0.383 e. The van der Waals surface area contributed by atoms with Gasteiger partial charge in [0, 0.05) is 10.6 Å². The molecule has 1 atom stereocenters. The molecule has 0 saturated carbocycles. The molecule has 0 aliphatic heterocycles. The van der Waals surface area contributed by atoms with Gasteiger partial charge in [-0.1, -0.05) is 32.5 Å². The number of nitrogen functional groups attached to an aromatic ring is 1. The lowest BCUT2D eigenvalue weighted by Crippen LogP contribution is -2.09. The van der Waals surface area contributed by atoms with Crippen molar-refractivity contribution in [3.05, 3.63) is 10.4 Å². The van der Waals surface area contributed by atoms with Crippen LogP contribution in [0.4, 0.5) is 5.82 Å². The highest BCUT2D eigenvalue weighted by Gasteiger charge is 2.23. The van der Waals surface area contributed by atoms with E-state index in [1.807, 2.05) is 11.3 Å². The van der Waals surface area contributed by atoms with Crippen molar-refractivity contribution in [2.45, 2.75) is 45.2 Å². The van der Waals surface area contributed by atoms with Gasteiger partial charge in [-0.15, -0.1) is 11.3 Å². The maximum absolute atomic E-state index is 6.21. The molecular weight excluding hydrogens is 286 g/mol. The van der Waals surface area contributed by atoms with Crippen LogP contribution in [-0.2, 0) is 12.8 Å². The van der Waals surface area contributed by atoms with Crippen LogP contribution in [0.15, 0.2) is 5.16 Å². The monoisotopic (exact) mass is 307 g/mol. The summed E-state index contributed by atoms with van der Waals surface area (Å²) < 4.78 is 0. The molecule has 0 bridgehead atoms. The number of fused-ring (bicyclic) bond motifs is 3. The third-order valence-electron chi connectivity index (χ3n) is 3.71. The van der Waals surface area contributed by atoms with Crippen LogP contribution in [0.5, 0.6) is 0 Å². The number of anilines is 1. The molecule has 2 aromatic rings. The first kappa shape index (κ1) is 14.1. The second-order valence-corrected chi connectivity index (χ2v) is 8.20. The number of thioether (sulfide) groups is 1. The lowest BCUT2D eigenvalue weighted by molar-refractivity contribution is 0.509. The van der Waals surface area contributed by atoms with Gasteiger partial charge in [0.05, 0.1) is 5.39 Å². The van der Waals surface area contributed by atoms with Crippen LogP contribution >= 0.6 is 23.1 Å². The molecule has 0 fully saturated rings. The summed E-state index contributed by atoms with van der Waals surface area (Å²) in [6, 6.07) is 0. The highest BCUT2D eigenvalue weighted by Crippen LogP contribution is 2.39. The zero-order chi connectivity index (χ0) is 14.3. The van der Waals surface area contributed by atoms with Crippen LogP contribution in [0.2, 0.25) is 0 Å². The Balaban J connectivity index is 2.00. The predicted molar refractivity (Wildman–Crippen MR) is 88.6 cm³/mol. The fraction of sp³-hybridized carbons (Fsp3) is 0.600. The van der Waals surface area contributed by atoms with E-state index >= 15 is 0 Å². The lowest BCUT2D eigenvalue weighted by atomic mass is 9.89. The number of hydrogen-bond donors (Lipinski definition) is 1. The maximum Gasteiger partial charge on any atom is 0.190 e. The second kappa shape index (κ2) is 5.53. The van der Waals surface area contributed by atoms with E-state index in [1.54, 1.807) is 11.8 Å². The van der Waals surface area contributed by atoms with Crippen molar-refractivity contribution in [2.24, 2.45) is 11.8 Å². The highest BCUT2D eigenvalue weighted by molar-refractivity contribution is 7.99. The first-order valence-electron chi connectivity index (χ1n) is 7.25. The molecule has 1 unspecified atom stereocenters. The molecule has 3 rings (SSSR count). The molecule has 0 radical (unpaired) electrons. The maximum atomic E-state index is 6.21. The molecule has 0 spiro atoms. The van der Waals surface area contributed by atoms with Gasteiger partial charge in [-0.05, 0) is 36.7 Å². The fourth-order valence-electron chi connectivity index (χ4n) is 2.66. The summed E-state index contributed by atoms with van der Waals surface area (Å²) in [4.78, 5) is 11.8. The average Bonchev–Trinajstić information content (AvgIpc) is 2.73. The first-order chi connectivity index (χ1) is 9.54. The Labute approximate surface area is 128 Å². The molecule has 2 heterocycles. The zero-order valence-electron chi connectivity index (χ0n) is 12.3. The Kier molecular flexibility index (Phi) is 3.91. The largest absolute Gasteiger partial charge is 0.383 e. The van der Waals surface area contributed by atoms with Gasteiger partial charge in [0.2, 0.25) is 0 Å². The molecule has 5 heteroatoms. The normalized spacial score (nSPS) is 18.7. The lowest BCUT2D eigenvalue weighted by Gasteiger charge is -2.17. The minimum atomic E-state index is 0.637. The van der Waals surface area contributed by atoms with E-state index in [0.29, 0.717) is 11.7 Å². The number of nitrogens with zero attached hydrogens (tertiary/aromatic N) is 2. The molecule has 2 N–H and O–H groups in total. The van der Waals surface area contributed by atoms with Gasteiger partial charge in [0.1, 0.15) is 10.6 Å². The smallest absolute Gasteiger partial charge is 0.190 e. The van der Waals surface area contributed by atoms with Crippen LogP contribution in [0.25, 0.3) is 10.2 Å². The van der Waals surface area contributed by atoms with E-state index in [1.165, 1.54) is 23.3 Å². The van der Waals surface area contributed by atoms with Gasteiger partial charge in [-0.3, -0.25) is 0 Å². The molecule has 1 aliphatic rings. The second-order valence-electron chi connectivity index (χ2n) is 6.13. The first-order valence-corrected chi connectivity index (χ1v) is 9.05. The van der Waals surface area contributed by atoms with E-state index in [0.717, 1.165) is 33.5 Å². The van der Waals surface area contributed by atoms with E-state index in [9.17, 15) is 0 Å². The van der Waals surface area contributed by atoms with Crippen LogP contribution in [0.3, 0.4) is 0 Å². The van der Waals surface area contributed by atoms with Crippen molar-refractivity contribution in [2.75, 3.05) is 11.5 Å². The van der Waals surface area contributed by atoms with Crippen molar-refractivity contribution in [3.63, 3.8) is 0 Å². The van der Waals surface area contributed by atoms with Crippen LogP contribution in [0.1, 0.15) is 37.6 Å². The van der Waals surface area contributed by atoms with Crippen LogP contribution in [0, 0.1) is 11.8 Å². The van der Waals surface area contributed by atoms with Crippen LogP contribution < -0.4 is 5.73 Å². The third kappa shape index (κ3) is 2.66. The zero-order valence-corrected chi connectivity index (χ0v) is 13.9. The van der Waals surface area contributed by atoms with E-state index in [4.69, 9.17) is 10.7 Å². The molecule has 1 aliphatic carbocycles. The summed E-state index contributed by atoms with van der Waals surface area (Å²) in [6.07, 6.45) is 3.55. The molecule has 3 nitrogen and oxygen atoms in total. The Morgan fingerprint density at radius 1 is 1.40 bits per heavy atom. The molecule has 20 heavy (non-hydrogen) atoms. The number of hydrogen-bond acceptors (Lipinski definition) is 5. The summed E-state index contributed by atoms with van der Waals surface area (Å²) in [5.74, 6) is 3.12. The molecule has 0 saturated heterocycles. The molecule has 2 aromatic heterocycles. The SMILES string of the molecule is CC(C)CSc1nc(N)c2c3c(sc2n1)CC(C)CC3. The number of aryl methyl sites for hydroxylation is 1. The van der Waals surface area contributed by atoms with Gasteiger partial charge in [-0.2, -0.15) is 0 Å². The average molecular weight is 307 g/mol. The van der Waals surface area contributed by atoms with E-state index < -0.39 is 0 Å². The number of aromatic nitrogens is 2. The summed E-state index contributed by atoms with van der Waals surface area (Å²) in [7, 11) is 0. The molecule has 108 valence electrons. The summed E-state index contributed by atoms with van der Waals surface area (Å²) in [6.45, 7) is 6.74. The van der Waals surface area contributed by atoms with Gasteiger partial charge in [0.25, 0.3) is 0 Å². The summed E-state index contributed by atoms with van der Waals surface area (Å²) in [5, 5.41) is 1.96. The van der Waals surface area contributed by atoms with Gasteiger partial charge >= 0.3 is 0 Å². The molecule has 0 amide bonds. The van der Waals surface area contributed by atoms with E-state index in [-0.39, 0.29) is 0 Å². The molecule has 0 aromatic carbocycles. The van der Waals surface area contributed by atoms with Crippen molar-refractivity contribution in [3.8, 4) is 0 Å². The third-order valence-corrected chi connectivity index (χ3v) is 6.13. The Bertz CT molecular complexity index is 634. The van der Waals surface area contributed by atoms with Crippen LogP contribution in [-0.4, -0.2) is 15.7 Å². The van der Waals surface area contributed by atoms with Crippen molar-refractivity contribution in [1.29, 1.82) is 0 Å². The highest BCUT2D eigenvalue weighted by atomic mass is 32.2. The van der Waals surface area contributed by atoms with Crippen molar-refractivity contribution >= 4 is 39.1 Å². The topological polar surface area (TPSA) is 51.8 Å². The van der Waals surface area contributed by atoms with Crippen molar-refractivity contribution < 1.29 is 0 Å². The minimum absolute atomic E-state index is 0.637. The van der Waals surface area contributed by atoms with Gasteiger partial charge in [-0.25, -0.2) is 9.97 Å². The Hall–Kier alpha value is -0.810. The number of rotatable bonds is 3. The fourth-order valence-corrected chi connectivity index (χ4v) is 4.91. The summed E-state index contributed by atoms with van der Waals surface area (Å²) in [5.41, 5.74) is 7.63. The predicted octanol–water partition coefficient (Wildman–Crippen LogP) is 4.15. The standard InChI is InChI=1S/C15H21N3S2/c1-8(2)7-19-15-17-13(16)12-10-5-4-9(3)6-11(10)20-14(12)18-15/h8-9H,4-7H2,1-3H3,(H2,16,17,18). The Morgan fingerprint density at radius 2 is 2.20 bits per heavy atom.